The van der Waals surface area contributed by atoms with E-state index in [1.54, 1.807) is 43.9 Å². The van der Waals surface area contributed by atoms with Crippen molar-refractivity contribution in [2.45, 2.75) is 63.6 Å². The highest BCUT2D eigenvalue weighted by Crippen LogP contribution is 2.57. The van der Waals surface area contributed by atoms with Crippen LogP contribution in [0.5, 0.6) is 11.6 Å². The molecule has 11 nitrogen and oxygen atoms in total. The second-order valence-corrected chi connectivity index (χ2v) is 13.0. The van der Waals surface area contributed by atoms with Crippen LogP contribution in [0.3, 0.4) is 0 Å². The number of aromatic nitrogens is 4. The molecule has 2 saturated carbocycles. The maximum Gasteiger partial charge on any atom is 0.231 e. The summed E-state index contributed by atoms with van der Waals surface area (Å²) >= 11 is 0. The van der Waals surface area contributed by atoms with Crippen LogP contribution in [0.4, 0.5) is 11.5 Å². The van der Waals surface area contributed by atoms with Gasteiger partial charge in [0.15, 0.2) is 0 Å². The van der Waals surface area contributed by atoms with E-state index in [4.69, 9.17) is 9.47 Å². The average molecular weight is 594 g/mol. The SMILES string of the molecule is COc1ccc(N2C3CC4CC2CC(C(=O)Nc2ccc(-c5cc(OCC(C)(C)O)cn6ncc(C#N)c56)cn2)(C4)C3)cn1. The first kappa shape index (κ1) is 28.1. The zero-order valence-corrected chi connectivity index (χ0v) is 25.0. The Morgan fingerprint density at radius 3 is 2.57 bits per heavy atom. The minimum atomic E-state index is -1.01. The van der Waals surface area contributed by atoms with Gasteiger partial charge in [0.25, 0.3) is 0 Å². The Morgan fingerprint density at radius 1 is 1.14 bits per heavy atom. The van der Waals surface area contributed by atoms with Gasteiger partial charge in [-0.2, -0.15) is 10.4 Å². The third-order valence-electron chi connectivity index (χ3n) is 9.25. The number of methoxy groups -OCH3 is 1. The molecule has 6 heterocycles. The minimum Gasteiger partial charge on any atom is -0.489 e. The number of hydrogen-bond acceptors (Lipinski definition) is 9. The average Bonchev–Trinajstić information content (AvgIpc) is 3.43. The summed E-state index contributed by atoms with van der Waals surface area (Å²) in [6.45, 7) is 3.43. The first-order chi connectivity index (χ1) is 21.1. The molecule has 2 aliphatic heterocycles. The summed E-state index contributed by atoms with van der Waals surface area (Å²) in [5.41, 5.74) is 2.18. The van der Waals surface area contributed by atoms with E-state index in [9.17, 15) is 15.2 Å². The molecule has 0 spiro atoms. The number of piperidine rings is 2. The molecule has 4 aliphatic rings. The van der Waals surface area contributed by atoms with Gasteiger partial charge >= 0.3 is 0 Å². The van der Waals surface area contributed by atoms with Crippen LogP contribution in [-0.4, -0.2) is 62.0 Å². The summed E-state index contributed by atoms with van der Waals surface area (Å²) in [6, 6.07) is 12.3. The lowest BCUT2D eigenvalue weighted by atomic mass is 9.55. The maximum atomic E-state index is 13.9. The molecule has 2 N–H and O–H groups in total. The number of amides is 1. The van der Waals surface area contributed by atoms with Crippen molar-refractivity contribution < 1.29 is 19.4 Å². The molecule has 1 amide bonds. The van der Waals surface area contributed by atoms with E-state index in [-0.39, 0.29) is 12.5 Å². The second-order valence-electron chi connectivity index (χ2n) is 13.0. The van der Waals surface area contributed by atoms with E-state index in [2.05, 4.69) is 37.4 Å². The first-order valence-corrected chi connectivity index (χ1v) is 15.0. The van der Waals surface area contributed by atoms with E-state index in [1.165, 1.54) is 6.20 Å². The number of nitrogens with one attached hydrogen (secondary N) is 1. The predicted octanol–water partition coefficient (Wildman–Crippen LogP) is 4.60. The van der Waals surface area contributed by atoms with Gasteiger partial charge in [0.1, 0.15) is 24.2 Å². The number of pyridine rings is 3. The molecule has 4 aromatic heterocycles. The van der Waals surface area contributed by atoms with Gasteiger partial charge in [-0.15, -0.1) is 0 Å². The Morgan fingerprint density at radius 2 is 1.93 bits per heavy atom. The fraction of sp³-hybridized carbons (Fsp3) is 0.424. The van der Waals surface area contributed by atoms with Crippen molar-refractivity contribution in [3.05, 3.63) is 60.7 Å². The Bertz CT molecular complexity index is 1740. The van der Waals surface area contributed by atoms with Crippen molar-refractivity contribution in [1.29, 1.82) is 5.26 Å². The van der Waals surface area contributed by atoms with Crippen LogP contribution in [-0.2, 0) is 4.79 Å². The molecule has 0 radical (unpaired) electrons. The van der Waals surface area contributed by atoms with E-state index >= 15 is 0 Å². The molecule has 2 saturated heterocycles. The van der Waals surface area contributed by atoms with Crippen molar-refractivity contribution in [3.63, 3.8) is 0 Å². The van der Waals surface area contributed by atoms with E-state index < -0.39 is 11.0 Å². The number of fused-ring (bicyclic) bond motifs is 1. The summed E-state index contributed by atoms with van der Waals surface area (Å²) in [7, 11) is 1.62. The fourth-order valence-electron chi connectivity index (χ4n) is 7.59. The Labute approximate surface area is 255 Å². The summed E-state index contributed by atoms with van der Waals surface area (Å²) < 4.78 is 12.7. The highest BCUT2D eigenvalue weighted by molar-refractivity contribution is 5.95. The van der Waals surface area contributed by atoms with Crippen molar-refractivity contribution in [2.24, 2.45) is 11.3 Å². The topological polar surface area (TPSA) is 138 Å². The predicted molar refractivity (Wildman–Crippen MR) is 163 cm³/mol. The van der Waals surface area contributed by atoms with Crippen LogP contribution in [0, 0.1) is 22.7 Å². The van der Waals surface area contributed by atoms with Gasteiger partial charge in [-0.25, -0.2) is 14.5 Å². The highest BCUT2D eigenvalue weighted by Gasteiger charge is 2.57. The molecule has 8 rings (SSSR count). The van der Waals surface area contributed by atoms with Gasteiger partial charge in [0, 0.05) is 35.5 Å². The quantitative estimate of drug-likeness (QED) is 0.300. The molecule has 2 aliphatic carbocycles. The summed E-state index contributed by atoms with van der Waals surface area (Å²) in [4.78, 5) is 25.4. The normalized spacial score (nSPS) is 23.9. The summed E-state index contributed by atoms with van der Waals surface area (Å²) in [5, 5.41) is 27.3. The Kier molecular flexibility index (Phi) is 6.70. The van der Waals surface area contributed by atoms with Gasteiger partial charge < -0.3 is 24.8 Å². The van der Waals surface area contributed by atoms with Gasteiger partial charge in [0.05, 0.1) is 53.5 Å². The minimum absolute atomic E-state index is 0.0385. The standard InChI is InChI=1S/C33H35N7O4/c1-32(2,42)19-44-26-10-27(30-22(14-34)16-37-39(30)18-26)21-4-6-28(35-15-21)38-31(41)33-11-20-8-24(12-33)40(25(9-20)13-33)23-5-7-29(43-3)36-17-23/h4-7,10,15-18,20,24-25,42H,8-9,11-13,19H2,1-3H3,(H,35,38,41). The molecule has 4 fully saturated rings. The first-order valence-electron chi connectivity index (χ1n) is 15.0. The summed E-state index contributed by atoms with van der Waals surface area (Å²) in [5.74, 6) is 2.16. The molecular formula is C33H35N7O4. The van der Waals surface area contributed by atoms with Gasteiger partial charge in [-0.3, -0.25) is 4.79 Å². The lowest BCUT2D eigenvalue weighted by Crippen LogP contribution is -2.64. The molecular weight excluding hydrogens is 558 g/mol. The van der Waals surface area contributed by atoms with E-state index in [0.29, 0.717) is 52.1 Å². The highest BCUT2D eigenvalue weighted by atomic mass is 16.5. The Balaban J connectivity index is 1.11. The molecule has 226 valence electrons. The Hall–Kier alpha value is -4.69. The van der Waals surface area contributed by atoms with Gasteiger partial charge in [0.2, 0.25) is 11.8 Å². The molecule has 2 unspecified atom stereocenters. The zero-order valence-electron chi connectivity index (χ0n) is 25.0. The van der Waals surface area contributed by atoms with Gasteiger partial charge in [-0.05, 0) is 76.1 Å². The molecule has 4 bridgehead atoms. The molecule has 44 heavy (non-hydrogen) atoms. The maximum absolute atomic E-state index is 13.9. The van der Waals surface area contributed by atoms with Crippen LogP contribution in [0.25, 0.3) is 16.6 Å². The van der Waals surface area contributed by atoms with E-state index in [0.717, 1.165) is 43.4 Å². The lowest BCUT2D eigenvalue weighted by molar-refractivity contribution is -0.134. The van der Waals surface area contributed by atoms with Crippen LogP contribution >= 0.6 is 0 Å². The van der Waals surface area contributed by atoms with Crippen molar-refractivity contribution >= 4 is 22.9 Å². The molecule has 11 heteroatoms. The fourth-order valence-corrected chi connectivity index (χ4v) is 7.59. The second kappa shape index (κ2) is 10.5. The number of carbonyl (C=O) groups excluding carboxylic acids is 1. The third kappa shape index (κ3) is 4.99. The number of ether oxygens (including phenoxy) is 2. The number of carbonyl (C=O) groups is 1. The number of hydrogen-bond donors (Lipinski definition) is 2. The smallest absolute Gasteiger partial charge is 0.231 e. The molecule has 4 aromatic rings. The lowest BCUT2D eigenvalue weighted by Gasteiger charge is -2.61. The number of aliphatic hydroxyl groups is 1. The molecule has 2 atom stereocenters. The van der Waals surface area contributed by atoms with Crippen LogP contribution < -0.4 is 19.7 Å². The summed E-state index contributed by atoms with van der Waals surface area (Å²) in [6.07, 6.45) is 11.5. The molecule has 0 aromatic carbocycles. The number of anilines is 2. The zero-order chi connectivity index (χ0) is 30.6. The van der Waals surface area contributed by atoms with Crippen LogP contribution in [0.1, 0.15) is 51.5 Å². The monoisotopic (exact) mass is 593 g/mol. The number of nitriles is 1. The van der Waals surface area contributed by atoms with Crippen molar-refractivity contribution in [3.8, 4) is 28.8 Å². The van der Waals surface area contributed by atoms with E-state index in [1.807, 2.05) is 24.4 Å². The number of rotatable bonds is 8. The van der Waals surface area contributed by atoms with Gasteiger partial charge in [-0.1, -0.05) is 0 Å². The third-order valence-corrected chi connectivity index (χ3v) is 9.25. The van der Waals surface area contributed by atoms with Crippen molar-refractivity contribution in [2.75, 3.05) is 23.9 Å². The van der Waals surface area contributed by atoms with Crippen LogP contribution in [0.2, 0.25) is 0 Å². The van der Waals surface area contributed by atoms with Crippen LogP contribution in [0.15, 0.2) is 55.1 Å². The van der Waals surface area contributed by atoms with Crippen molar-refractivity contribution in [1.82, 2.24) is 19.6 Å². The number of nitrogens with zero attached hydrogens (tertiary/aromatic N) is 6. The largest absolute Gasteiger partial charge is 0.489 e.